The summed E-state index contributed by atoms with van der Waals surface area (Å²) in [5.74, 6) is 0.556. The summed E-state index contributed by atoms with van der Waals surface area (Å²) in [5.41, 5.74) is 2.51. The van der Waals surface area contributed by atoms with Gasteiger partial charge in [0.1, 0.15) is 0 Å². The van der Waals surface area contributed by atoms with E-state index in [9.17, 15) is 9.59 Å². The second-order valence-corrected chi connectivity index (χ2v) is 6.82. The van der Waals surface area contributed by atoms with Crippen LogP contribution in [-0.2, 0) is 9.59 Å². The Bertz CT molecular complexity index is 1000. The molecule has 2 aromatic carbocycles. The van der Waals surface area contributed by atoms with Crippen LogP contribution in [0.5, 0.6) is 0 Å². The lowest BCUT2D eigenvalue weighted by Crippen LogP contribution is -2.34. The number of aromatic nitrogens is 4. The molecule has 28 heavy (non-hydrogen) atoms. The summed E-state index contributed by atoms with van der Waals surface area (Å²) in [6.45, 7) is 2.39. The maximum Gasteiger partial charge on any atom is 0.243 e. The van der Waals surface area contributed by atoms with Gasteiger partial charge in [0.05, 0.1) is 12.2 Å². The minimum absolute atomic E-state index is 0.00192. The van der Waals surface area contributed by atoms with Crippen LogP contribution in [0.25, 0.3) is 5.69 Å². The van der Waals surface area contributed by atoms with E-state index in [1.807, 2.05) is 42.5 Å². The first kappa shape index (κ1) is 17.8. The van der Waals surface area contributed by atoms with Crippen LogP contribution in [-0.4, -0.2) is 50.0 Å². The SMILES string of the molecule is Cc1nnnn1-c1cccc(NC(=O)CN2CC(c3ccccc3)CC2=O)c1. The lowest BCUT2D eigenvalue weighted by Gasteiger charge is -2.16. The zero-order chi connectivity index (χ0) is 19.5. The fourth-order valence-corrected chi connectivity index (χ4v) is 3.43. The van der Waals surface area contributed by atoms with Gasteiger partial charge in [0, 0.05) is 24.6 Å². The molecule has 1 unspecified atom stereocenters. The van der Waals surface area contributed by atoms with Crippen molar-refractivity contribution in [1.82, 2.24) is 25.1 Å². The van der Waals surface area contributed by atoms with Crippen molar-refractivity contribution >= 4 is 17.5 Å². The molecule has 3 aromatic rings. The standard InChI is InChI=1S/C20H20N6O2/c1-14-22-23-24-26(14)18-9-5-8-17(11-18)21-19(27)13-25-12-16(10-20(25)28)15-6-3-2-4-7-15/h2-9,11,16H,10,12-13H2,1H3,(H,21,27). The molecule has 8 heteroatoms. The summed E-state index contributed by atoms with van der Waals surface area (Å²) >= 11 is 0. The third-order valence-corrected chi connectivity index (χ3v) is 4.82. The van der Waals surface area contributed by atoms with E-state index in [-0.39, 0.29) is 24.3 Å². The molecule has 1 saturated heterocycles. The number of tetrazole rings is 1. The van der Waals surface area contributed by atoms with Gasteiger partial charge in [-0.15, -0.1) is 5.10 Å². The molecule has 0 aliphatic carbocycles. The van der Waals surface area contributed by atoms with Gasteiger partial charge in [-0.05, 0) is 41.1 Å². The highest BCUT2D eigenvalue weighted by molar-refractivity contribution is 5.95. The van der Waals surface area contributed by atoms with Crippen molar-refractivity contribution in [3.63, 3.8) is 0 Å². The highest BCUT2D eigenvalue weighted by Crippen LogP contribution is 2.27. The molecule has 1 aromatic heterocycles. The number of carbonyl (C=O) groups is 2. The van der Waals surface area contributed by atoms with Crippen molar-refractivity contribution in [2.24, 2.45) is 0 Å². The molecule has 0 radical (unpaired) electrons. The van der Waals surface area contributed by atoms with Gasteiger partial charge in [-0.3, -0.25) is 9.59 Å². The van der Waals surface area contributed by atoms with E-state index in [0.29, 0.717) is 24.5 Å². The number of benzene rings is 2. The van der Waals surface area contributed by atoms with Crippen LogP contribution >= 0.6 is 0 Å². The zero-order valence-electron chi connectivity index (χ0n) is 15.4. The summed E-state index contributed by atoms with van der Waals surface area (Å²) in [6, 6.07) is 17.2. The Labute approximate surface area is 162 Å². The fraction of sp³-hybridized carbons (Fsp3) is 0.250. The second kappa shape index (κ2) is 7.59. The first-order chi connectivity index (χ1) is 13.6. The molecule has 1 fully saturated rings. The van der Waals surface area contributed by atoms with Crippen LogP contribution in [0.4, 0.5) is 5.69 Å². The van der Waals surface area contributed by atoms with Gasteiger partial charge in [-0.2, -0.15) is 4.68 Å². The van der Waals surface area contributed by atoms with Crippen LogP contribution in [0.15, 0.2) is 54.6 Å². The molecule has 0 bridgehead atoms. The monoisotopic (exact) mass is 376 g/mol. The van der Waals surface area contributed by atoms with Crippen molar-refractivity contribution in [3.8, 4) is 5.69 Å². The zero-order valence-corrected chi connectivity index (χ0v) is 15.4. The number of anilines is 1. The Balaban J connectivity index is 1.40. The van der Waals surface area contributed by atoms with E-state index in [1.54, 1.807) is 28.6 Å². The Morgan fingerprint density at radius 2 is 2.00 bits per heavy atom. The highest BCUT2D eigenvalue weighted by Gasteiger charge is 2.31. The fourth-order valence-electron chi connectivity index (χ4n) is 3.43. The molecule has 0 saturated carbocycles. The number of rotatable bonds is 5. The topological polar surface area (TPSA) is 93.0 Å². The van der Waals surface area contributed by atoms with Crippen LogP contribution in [0.2, 0.25) is 0 Å². The molecule has 2 amide bonds. The first-order valence-corrected chi connectivity index (χ1v) is 9.08. The van der Waals surface area contributed by atoms with Gasteiger partial charge >= 0.3 is 0 Å². The Morgan fingerprint density at radius 3 is 2.75 bits per heavy atom. The quantitative estimate of drug-likeness (QED) is 0.734. The van der Waals surface area contributed by atoms with Crippen LogP contribution in [0.3, 0.4) is 0 Å². The summed E-state index contributed by atoms with van der Waals surface area (Å²) in [7, 11) is 0. The van der Waals surface area contributed by atoms with Crippen molar-refractivity contribution in [1.29, 1.82) is 0 Å². The molecule has 8 nitrogen and oxygen atoms in total. The average Bonchev–Trinajstić information content (AvgIpc) is 3.28. The Morgan fingerprint density at radius 1 is 1.18 bits per heavy atom. The van der Waals surface area contributed by atoms with Crippen molar-refractivity contribution < 1.29 is 9.59 Å². The summed E-state index contributed by atoms with van der Waals surface area (Å²) in [6.07, 6.45) is 0.436. The number of hydrogen-bond donors (Lipinski definition) is 1. The van der Waals surface area contributed by atoms with E-state index < -0.39 is 0 Å². The minimum atomic E-state index is -0.229. The van der Waals surface area contributed by atoms with Gasteiger partial charge < -0.3 is 10.2 Å². The summed E-state index contributed by atoms with van der Waals surface area (Å²) in [5, 5.41) is 14.3. The van der Waals surface area contributed by atoms with Crippen LogP contribution in [0, 0.1) is 6.92 Å². The molecule has 1 atom stereocenters. The minimum Gasteiger partial charge on any atom is -0.333 e. The summed E-state index contributed by atoms with van der Waals surface area (Å²) < 4.78 is 1.59. The van der Waals surface area contributed by atoms with Crippen molar-refractivity contribution in [2.45, 2.75) is 19.3 Å². The largest absolute Gasteiger partial charge is 0.333 e. The van der Waals surface area contributed by atoms with E-state index in [0.717, 1.165) is 11.3 Å². The maximum absolute atomic E-state index is 12.5. The third-order valence-electron chi connectivity index (χ3n) is 4.82. The number of nitrogens with one attached hydrogen (secondary N) is 1. The lowest BCUT2D eigenvalue weighted by molar-refractivity contribution is -0.131. The van der Waals surface area contributed by atoms with Gasteiger partial charge in [-0.1, -0.05) is 36.4 Å². The molecule has 2 heterocycles. The van der Waals surface area contributed by atoms with E-state index >= 15 is 0 Å². The number of nitrogens with zero attached hydrogens (tertiary/aromatic N) is 5. The first-order valence-electron chi connectivity index (χ1n) is 9.08. The van der Waals surface area contributed by atoms with E-state index in [4.69, 9.17) is 0 Å². The van der Waals surface area contributed by atoms with Crippen molar-refractivity contribution in [2.75, 3.05) is 18.4 Å². The molecular formula is C20H20N6O2. The van der Waals surface area contributed by atoms with E-state index in [1.165, 1.54) is 0 Å². The summed E-state index contributed by atoms with van der Waals surface area (Å²) in [4.78, 5) is 26.4. The predicted octanol–water partition coefficient (Wildman–Crippen LogP) is 1.93. The van der Waals surface area contributed by atoms with Crippen LogP contribution < -0.4 is 5.32 Å². The number of hydrogen-bond acceptors (Lipinski definition) is 5. The van der Waals surface area contributed by atoms with Gasteiger partial charge in [-0.25, -0.2) is 0 Å². The average molecular weight is 376 g/mol. The Hall–Kier alpha value is -3.55. The van der Waals surface area contributed by atoms with E-state index in [2.05, 4.69) is 20.8 Å². The van der Waals surface area contributed by atoms with Gasteiger partial charge in [0.2, 0.25) is 11.8 Å². The molecule has 1 aliphatic rings. The maximum atomic E-state index is 12.5. The third kappa shape index (κ3) is 3.75. The predicted molar refractivity (Wildman–Crippen MR) is 103 cm³/mol. The molecule has 1 aliphatic heterocycles. The number of carbonyl (C=O) groups excluding carboxylic acids is 2. The molecule has 0 spiro atoms. The number of aryl methyl sites for hydroxylation is 1. The molecule has 142 valence electrons. The number of likely N-dealkylation sites (tertiary alicyclic amines) is 1. The smallest absolute Gasteiger partial charge is 0.243 e. The van der Waals surface area contributed by atoms with Gasteiger partial charge in [0.25, 0.3) is 0 Å². The highest BCUT2D eigenvalue weighted by atomic mass is 16.2. The lowest BCUT2D eigenvalue weighted by atomic mass is 9.99. The molecular weight excluding hydrogens is 356 g/mol. The second-order valence-electron chi connectivity index (χ2n) is 6.82. The van der Waals surface area contributed by atoms with Crippen molar-refractivity contribution in [3.05, 3.63) is 66.0 Å². The normalized spacial score (nSPS) is 16.4. The molecule has 4 rings (SSSR count). The van der Waals surface area contributed by atoms with Crippen LogP contribution in [0.1, 0.15) is 23.7 Å². The molecule has 1 N–H and O–H groups in total. The van der Waals surface area contributed by atoms with Gasteiger partial charge in [0.15, 0.2) is 5.82 Å². The Kier molecular flexibility index (Phi) is 4.84. The number of amides is 2.